The van der Waals surface area contributed by atoms with Crippen molar-refractivity contribution in [3.8, 4) is 11.5 Å². The van der Waals surface area contributed by atoms with Gasteiger partial charge in [-0.25, -0.2) is 0 Å². The summed E-state index contributed by atoms with van der Waals surface area (Å²) in [7, 11) is 5.10. The monoisotopic (exact) mass is 557 g/mol. The lowest BCUT2D eigenvalue weighted by Gasteiger charge is -2.33. The Balaban J connectivity index is 1.99. The van der Waals surface area contributed by atoms with Crippen LogP contribution in [0, 0.1) is 11.8 Å². The van der Waals surface area contributed by atoms with Crippen molar-refractivity contribution >= 4 is 29.7 Å². The van der Waals surface area contributed by atoms with E-state index in [0.29, 0.717) is 29.9 Å². The lowest BCUT2D eigenvalue weighted by molar-refractivity contribution is -0.144. The number of carbonyl (C=O) groups excluding carboxylic acids is 4. The molecule has 4 amide bonds. The fourth-order valence-corrected chi connectivity index (χ4v) is 5.01. The number of fused-ring (bicyclic) bond motifs is 3. The lowest BCUT2D eigenvalue weighted by atomic mass is 10.0. The van der Waals surface area contributed by atoms with Crippen LogP contribution in [0.3, 0.4) is 0 Å². The van der Waals surface area contributed by atoms with Crippen LogP contribution in [0.2, 0.25) is 0 Å². The number of amides is 4. The molecular weight excluding hydrogens is 514 g/mol. The summed E-state index contributed by atoms with van der Waals surface area (Å²) in [6, 6.07) is 2.62. The Bertz CT molecular complexity index is 1120. The molecule has 4 unspecified atom stereocenters. The summed E-state index contributed by atoms with van der Waals surface area (Å²) in [4.78, 5) is 56.6. The second kappa shape index (κ2) is 13.6. The van der Waals surface area contributed by atoms with E-state index in [1.807, 2.05) is 27.7 Å². The van der Waals surface area contributed by atoms with Gasteiger partial charge in [0.2, 0.25) is 23.6 Å². The number of methoxy groups -OCH3 is 1. The molecule has 0 aliphatic carbocycles. The van der Waals surface area contributed by atoms with Gasteiger partial charge in [-0.05, 0) is 56.6 Å². The van der Waals surface area contributed by atoms with Gasteiger partial charge in [0.05, 0.1) is 13.7 Å². The van der Waals surface area contributed by atoms with Crippen LogP contribution in [0.5, 0.6) is 11.5 Å². The Labute approximate surface area is 236 Å². The molecule has 2 aliphatic heterocycles. The smallest absolute Gasteiger partial charge is 0.247 e. The van der Waals surface area contributed by atoms with Crippen molar-refractivity contribution in [2.24, 2.45) is 11.8 Å². The summed E-state index contributed by atoms with van der Waals surface area (Å²) in [5.41, 5.74) is 0.685. The SMILES string of the molecule is COc1ccc2cc1C=CNC(=O)C(CC(C)C)NC(=O)C1C(CCN1C(=O)C(NC(=O)CN(C)C)C(C)C)O2. The van der Waals surface area contributed by atoms with Crippen molar-refractivity contribution in [1.29, 1.82) is 0 Å². The molecule has 3 rings (SSSR count). The van der Waals surface area contributed by atoms with Crippen LogP contribution in [-0.2, 0) is 19.2 Å². The van der Waals surface area contributed by atoms with Gasteiger partial charge in [0, 0.05) is 24.7 Å². The summed E-state index contributed by atoms with van der Waals surface area (Å²) < 4.78 is 11.8. The van der Waals surface area contributed by atoms with Gasteiger partial charge in [0.1, 0.15) is 35.7 Å². The third-order valence-electron chi connectivity index (χ3n) is 6.92. The Morgan fingerprint density at radius 3 is 2.52 bits per heavy atom. The number of nitrogens with one attached hydrogen (secondary N) is 3. The van der Waals surface area contributed by atoms with E-state index in [-0.39, 0.29) is 42.6 Å². The lowest BCUT2D eigenvalue weighted by Crippen LogP contribution is -2.60. The molecule has 4 atom stereocenters. The molecule has 11 heteroatoms. The third-order valence-corrected chi connectivity index (χ3v) is 6.92. The van der Waals surface area contributed by atoms with Crippen molar-refractivity contribution in [1.82, 2.24) is 25.8 Å². The van der Waals surface area contributed by atoms with Crippen molar-refractivity contribution in [2.45, 2.75) is 64.8 Å². The second-order valence-electron chi connectivity index (χ2n) is 11.4. The Morgan fingerprint density at radius 1 is 1.18 bits per heavy atom. The molecule has 3 N–H and O–H groups in total. The predicted molar refractivity (Wildman–Crippen MR) is 151 cm³/mol. The Morgan fingerprint density at radius 2 is 1.90 bits per heavy atom. The van der Waals surface area contributed by atoms with Crippen molar-refractivity contribution in [3.63, 3.8) is 0 Å². The molecule has 220 valence electrons. The number of likely N-dealkylation sites (tertiary alicyclic amines) is 1. The van der Waals surface area contributed by atoms with Gasteiger partial charge in [-0.2, -0.15) is 0 Å². The highest BCUT2D eigenvalue weighted by atomic mass is 16.5. The highest BCUT2D eigenvalue weighted by Gasteiger charge is 2.46. The van der Waals surface area contributed by atoms with Crippen LogP contribution in [0.1, 0.15) is 46.1 Å². The molecule has 1 saturated heterocycles. The first-order valence-corrected chi connectivity index (χ1v) is 13.8. The number of hydrogen-bond donors (Lipinski definition) is 3. The fraction of sp³-hybridized carbons (Fsp3) is 0.586. The number of hydrogen-bond acceptors (Lipinski definition) is 7. The normalized spacial score (nSPS) is 21.9. The van der Waals surface area contributed by atoms with Gasteiger partial charge in [0.25, 0.3) is 0 Å². The number of likely N-dealkylation sites (N-methyl/N-ethyl adjacent to an activating group) is 1. The van der Waals surface area contributed by atoms with Gasteiger partial charge < -0.3 is 35.2 Å². The largest absolute Gasteiger partial charge is 0.496 e. The van der Waals surface area contributed by atoms with E-state index in [4.69, 9.17) is 9.47 Å². The molecule has 0 saturated carbocycles. The molecule has 0 spiro atoms. The van der Waals surface area contributed by atoms with Crippen LogP contribution in [0.25, 0.3) is 6.08 Å². The van der Waals surface area contributed by atoms with Crippen LogP contribution < -0.4 is 25.4 Å². The minimum atomic E-state index is -0.999. The summed E-state index contributed by atoms with van der Waals surface area (Å²) in [6.07, 6.45) is 3.37. The molecule has 2 aliphatic rings. The van der Waals surface area contributed by atoms with Crippen LogP contribution in [0.15, 0.2) is 24.4 Å². The minimum absolute atomic E-state index is 0.122. The average molecular weight is 558 g/mol. The first kappa shape index (κ1) is 30.9. The Hall–Kier alpha value is -3.60. The topological polar surface area (TPSA) is 129 Å². The zero-order valence-corrected chi connectivity index (χ0v) is 24.5. The fourth-order valence-electron chi connectivity index (χ4n) is 5.01. The van der Waals surface area contributed by atoms with E-state index in [0.717, 1.165) is 0 Å². The third kappa shape index (κ3) is 7.74. The maximum Gasteiger partial charge on any atom is 0.247 e. The van der Waals surface area contributed by atoms with Crippen LogP contribution >= 0.6 is 0 Å². The van der Waals surface area contributed by atoms with Gasteiger partial charge in [-0.3, -0.25) is 19.2 Å². The minimum Gasteiger partial charge on any atom is -0.496 e. The molecule has 0 radical (unpaired) electrons. The molecule has 40 heavy (non-hydrogen) atoms. The molecule has 2 bridgehead atoms. The van der Waals surface area contributed by atoms with E-state index in [9.17, 15) is 19.2 Å². The van der Waals surface area contributed by atoms with Crippen molar-refractivity contribution in [3.05, 3.63) is 30.0 Å². The predicted octanol–water partition coefficient (Wildman–Crippen LogP) is 1.38. The summed E-state index contributed by atoms with van der Waals surface area (Å²) in [5.74, 6) is -0.486. The molecular formula is C29H43N5O6. The number of rotatable bonds is 8. The Kier molecular flexibility index (Phi) is 10.6. The van der Waals surface area contributed by atoms with Crippen molar-refractivity contribution in [2.75, 3.05) is 34.3 Å². The van der Waals surface area contributed by atoms with Crippen LogP contribution in [0.4, 0.5) is 0 Å². The van der Waals surface area contributed by atoms with E-state index >= 15 is 0 Å². The molecule has 1 aromatic carbocycles. The van der Waals surface area contributed by atoms with Gasteiger partial charge in [-0.1, -0.05) is 27.7 Å². The zero-order chi connectivity index (χ0) is 29.6. The van der Waals surface area contributed by atoms with Crippen molar-refractivity contribution < 1.29 is 28.7 Å². The van der Waals surface area contributed by atoms with Crippen LogP contribution in [-0.4, -0.2) is 92.0 Å². The zero-order valence-electron chi connectivity index (χ0n) is 24.5. The molecule has 11 nitrogen and oxygen atoms in total. The van der Waals surface area contributed by atoms with Gasteiger partial charge in [-0.15, -0.1) is 0 Å². The maximum absolute atomic E-state index is 13.9. The summed E-state index contributed by atoms with van der Waals surface area (Å²) >= 11 is 0. The number of carbonyl (C=O) groups is 4. The molecule has 0 aromatic heterocycles. The molecule has 1 fully saturated rings. The molecule has 2 heterocycles. The highest BCUT2D eigenvalue weighted by molar-refractivity contribution is 5.95. The van der Waals surface area contributed by atoms with E-state index in [2.05, 4.69) is 16.0 Å². The van der Waals surface area contributed by atoms with E-state index in [1.165, 1.54) is 11.1 Å². The molecule has 1 aromatic rings. The highest BCUT2D eigenvalue weighted by Crippen LogP contribution is 2.30. The maximum atomic E-state index is 13.9. The standard InChI is InChI=1S/C29H43N5O6/c1-17(2)14-21-27(36)30-12-10-19-15-20(8-9-22(19)39-7)40-23-11-13-34(26(23)28(37)31-21)29(38)25(18(3)4)32-24(35)16-33(5)6/h8-10,12,15,17-18,21,23,25-26H,11,13-14,16H2,1-7H3,(H,30,36)(H,31,37)(H,32,35). The first-order chi connectivity index (χ1) is 18.9. The summed E-state index contributed by atoms with van der Waals surface area (Å²) in [6.45, 7) is 8.02. The number of nitrogens with zero attached hydrogens (tertiary/aromatic N) is 2. The average Bonchev–Trinajstić information content (AvgIpc) is 3.28. The quantitative estimate of drug-likeness (QED) is 0.440. The van der Waals surface area contributed by atoms with E-state index in [1.54, 1.807) is 50.4 Å². The second-order valence-corrected chi connectivity index (χ2v) is 11.4. The first-order valence-electron chi connectivity index (χ1n) is 13.8. The summed E-state index contributed by atoms with van der Waals surface area (Å²) in [5, 5.41) is 8.48. The number of ether oxygens (including phenoxy) is 2. The van der Waals surface area contributed by atoms with E-state index < -0.39 is 30.1 Å². The number of benzene rings is 1. The van der Waals surface area contributed by atoms with Gasteiger partial charge >= 0.3 is 0 Å². The van der Waals surface area contributed by atoms with Gasteiger partial charge in [0.15, 0.2) is 0 Å².